The molecule has 0 aromatic rings. The molecule has 1 saturated heterocycles. The van der Waals surface area contributed by atoms with Gasteiger partial charge in [0.1, 0.15) is 0 Å². The highest BCUT2D eigenvalue weighted by molar-refractivity contribution is 4.83. The molecule has 0 bridgehead atoms. The molecule has 16 heavy (non-hydrogen) atoms. The monoisotopic (exact) mass is 228 g/mol. The van der Waals surface area contributed by atoms with E-state index in [0.717, 1.165) is 26.2 Å². The molecule has 2 unspecified atom stereocenters. The minimum Gasteiger partial charge on any atom is -0.370 e. The molecule has 0 aromatic carbocycles. The summed E-state index contributed by atoms with van der Waals surface area (Å²) in [5.41, 5.74) is 0.00950. The van der Waals surface area contributed by atoms with E-state index in [1.165, 1.54) is 6.54 Å². The maximum absolute atomic E-state index is 5.91. The zero-order chi connectivity index (χ0) is 12.2. The Labute approximate surface area is 101 Å². The van der Waals surface area contributed by atoms with Crippen LogP contribution in [-0.4, -0.2) is 49.3 Å². The summed E-state index contributed by atoms with van der Waals surface area (Å²) in [6.45, 7) is 16.5. The summed E-state index contributed by atoms with van der Waals surface area (Å²) >= 11 is 0. The van der Waals surface area contributed by atoms with Crippen LogP contribution in [0.25, 0.3) is 0 Å². The number of hydrogen-bond donors (Lipinski definition) is 1. The molecule has 1 aliphatic heterocycles. The smallest absolute Gasteiger partial charge is 0.0757 e. The molecule has 0 aromatic heterocycles. The summed E-state index contributed by atoms with van der Waals surface area (Å²) < 4.78 is 5.91. The third-order valence-corrected chi connectivity index (χ3v) is 2.95. The highest BCUT2D eigenvalue weighted by Gasteiger charge is 2.31. The summed E-state index contributed by atoms with van der Waals surface area (Å²) in [5.74, 6) is 0.709. The molecule has 3 nitrogen and oxygen atoms in total. The minimum atomic E-state index is 0.00950. The molecule has 96 valence electrons. The van der Waals surface area contributed by atoms with E-state index in [1.807, 2.05) is 0 Å². The van der Waals surface area contributed by atoms with E-state index >= 15 is 0 Å². The molecule has 1 fully saturated rings. The first kappa shape index (κ1) is 13.9. The van der Waals surface area contributed by atoms with E-state index in [-0.39, 0.29) is 5.60 Å². The Bertz CT molecular complexity index is 206. The first-order valence-electron chi connectivity index (χ1n) is 6.54. The van der Waals surface area contributed by atoms with Crippen LogP contribution in [0.4, 0.5) is 0 Å². The average Bonchev–Trinajstić information content (AvgIpc) is 2.11. The van der Waals surface area contributed by atoms with Crippen molar-refractivity contribution >= 4 is 0 Å². The van der Waals surface area contributed by atoms with Crippen LogP contribution in [-0.2, 0) is 4.74 Å². The highest BCUT2D eigenvalue weighted by atomic mass is 16.5. The van der Waals surface area contributed by atoms with Gasteiger partial charge in [-0.2, -0.15) is 0 Å². The number of hydrogen-bond acceptors (Lipinski definition) is 3. The van der Waals surface area contributed by atoms with Gasteiger partial charge < -0.3 is 10.1 Å². The number of rotatable bonds is 5. The van der Waals surface area contributed by atoms with E-state index in [9.17, 15) is 0 Å². The van der Waals surface area contributed by atoms with E-state index < -0.39 is 0 Å². The zero-order valence-corrected chi connectivity index (χ0v) is 11.5. The molecule has 0 saturated carbocycles. The minimum absolute atomic E-state index is 0.00950. The standard InChI is InChI=1S/C13H28N2O/c1-6-14-7-11(2)8-15-9-12(3)16-13(4,5)10-15/h11-12,14H,6-10H2,1-5H3. The Morgan fingerprint density at radius 3 is 2.75 bits per heavy atom. The molecular weight excluding hydrogens is 200 g/mol. The number of nitrogens with zero attached hydrogens (tertiary/aromatic N) is 1. The van der Waals surface area contributed by atoms with Crippen LogP contribution >= 0.6 is 0 Å². The Morgan fingerprint density at radius 2 is 2.19 bits per heavy atom. The van der Waals surface area contributed by atoms with Gasteiger partial charge in [-0.25, -0.2) is 0 Å². The lowest BCUT2D eigenvalue weighted by molar-refractivity contribution is -0.130. The van der Waals surface area contributed by atoms with E-state index in [4.69, 9.17) is 4.74 Å². The lowest BCUT2D eigenvalue weighted by Gasteiger charge is -2.42. The fourth-order valence-corrected chi connectivity index (χ4v) is 2.62. The predicted octanol–water partition coefficient (Wildman–Crippen LogP) is 1.73. The third-order valence-electron chi connectivity index (χ3n) is 2.95. The van der Waals surface area contributed by atoms with Crippen molar-refractivity contribution in [2.75, 3.05) is 32.7 Å². The summed E-state index contributed by atoms with van der Waals surface area (Å²) in [4.78, 5) is 2.54. The molecule has 2 atom stereocenters. The molecule has 0 radical (unpaired) electrons. The zero-order valence-electron chi connectivity index (χ0n) is 11.5. The van der Waals surface area contributed by atoms with Crippen molar-refractivity contribution in [3.8, 4) is 0 Å². The van der Waals surface area contributed by atoms with Crippen molar-refractivity contribution < 1.29 is 4.74 Å². The van der Waals surface area contributed by atoms with Gasteiger partial charge >= 0.3 is 0 Å². The molecule has 3 heteroatoms. The van der Waals surface area contributed by atoms with Crippen molar-refractivity contribution in [2.24, 2.45) is 5.92 Å². The Morgan fingerprint density at radius 1 is 1.50 bits per heavy atom. The maximum atomic E-state index is 5.91. The molecular formula is C13H28N2O. The first-order valence-corrected chi connectivity index (χ1v) is 6.54. The van der Waals surface area contributed by atoms with Gasteiger partial charge in [0, 0.05) is 19.6 Å². The SMILES string of the molecule is CCNCC(C)CN1CC(C)OC(C)(C)C1. The van der Waals surface area contributed by atoms with E-state index in [0.29, 0.717) is 12.0 Å². The molecule has 1 N–H and O–H groups in total. The lowest BCUT2D eigenvalue weighted by atomic mass is 10.0. The van der Waals surface area contributed by atoms with Gasteiger partial charge in [-0.3, -0.25) is 4.90 Å². The van der Waals surface area contributed by atoms with Gasteiger partial charge in [-0.1, -0.05) is 13.8 Å². The van der Waals surface area contributed by atoms with Crippen LogP contribution in [0.1, 0.15) is 34.6 Å². The van der Waals surface area contributed by atoms with Gasteiger partial charge in [0.25, 0.3) is 0 Å². The quantitative estimate of drug-likeness (QED) is 0.775. The van der Waals surface area contributed by atoms with Crippen molar-refractivity contribution in [3.63, 3.8) is 0 Å². The third kappa shape index (κ3) is 4.81. The van der Waals surface area contributed by atoms with E-state index in [2.05, 4.69) is 44.8 Å². The van der Waals surface area contributed by atoms with Crippen molar-refractivity contribution in [2.45, 2.75) is 46.3 Å². The van der Waals surface area contributed by atoms with Crippen LogP contribution in [0.3, 0.4) is 0 Å². The lowest BCUT2D eigenvalue weighted by Crippen LogP contribution is -2.53. The number of ether oxygens (including phenoxy) is 1. The average molecular weight is 228 g/mol. The molecule has 1 aliphatic rings. The largest absolute Gasteiger partial charge is 0.370 e. The summed E-state index contributed by atoms with van der Waals surface area (Å²) in [6, 6.07) is 0. The second-order valence-corrected chi connectivity index (χ2v) is 5.80. The van der Waals surface area contributed by atoms with Crippen LogP contribution in [0.2, 0.25) is 0 Å². The normalized spacial score (nSPS) is 27.9. The van der Waals surface area contributed by atoms with Crippen LogP contribution in [0, 0.1) is 5.92 Å². The van der Waals surface area contributed by atoms with E-state index in [1.54, 1.807) is 0 Å². The number of nitrogens with one attached hydrogen (secondary N) is 1. The van der Waals surface area contributed by atoms with Crippen molar-refractivity contribution in [1.29, 1.82) is 0 Å². The van der Waals surface area contributed by atoms with Crippen molar-refractivity contribution in [1.82, 2.24) is 10.2 Å². The van der Waals surface area contributed by atoms with Gasteiger partial charge in [0.05, 0.1) is 11.7 Å². The topological polar surface area (TPSA) is 24.5 Å². The van der Waals surface area contributed by atoms with Gasteiger partial charge in [0.15, 0.2) is 0 Å². The van der Waals surface area contributed by atoms with Gasteiger partial charge in [-0.05, 0) is 39.8 Å². The molecule has 0 spiro atoms. The highest BCUT2D eigenvalue weighted by Crippen LogP contribution is 2.21. The predicted molar refractivity (Wildman–Crippen MR) is 68.8 cm³/mol. The fourth-order valence-electron chi connectivity index (χ4n) is 2.62. The van der Waals surface area contributed by atoms with Crippen LogP contribution in [0.5, 0.6) is 0 Å². The molecule has 0 aliphatic carbocycles. The van der Waals surface area contributed by atoms with Gasteiger partial charge in [0.2, 0.25) is 0 Å². The van der Waals surface area contributed by atoms with Crippen LogP contribution < -0.4 is 5.32 Å². The molecule has 1 rings (SSSR count). The Balaban J connectivity index is 2.35. The first-order chi connectivity index (χ1) is 7.43. The second-order valence-electron chi connectivity index (χ2n) is 5.80. The Hall–Kier alpha value is -0.120. The number of morpholine rings is 1. The fraction of sp³-hybridized carbons (Fsp3) is 1.00. The summed E-state index contributed by atoms with van der Waals surface area (Å²) in [7, 11) is 0. The summed E-state index contributed by atoms with van der Waals surface area (Å²) in [5, 5.41) is 3.41. The molecule has 1 heterocycles. The van der Waals surface area contributed by atoms with Gasteiger partial charge in [-0.15, -0.1) is 0 Å². The Kier molecular flexibility index (Phi) is 5.22. The summed E-state index contributed by atoms with van der Waals surface area (Å²) in [6.07, 6.45) is 0.357. The van der Waals surface area contributed by atoms with Crippen molar-refractivity contribution in [3.05, 3.63) is 0 Å². The van der Waals surface area contributed by atoms with Crippen LogP contribution in [0.15, 0.2) is 0 Å². The second kappa shape index (κ2) is 5.99. The molecule has 0 amide bonds. The maximum Gasteiger partial charge on any atom is 0.0757 e.